The number of aromatic nitrogens is 2. The monoisotopic (exact) mass is 350 g/mol. The summed E-state index contributed by atoms with van der Waals surface area (Å²) in [4.78, 5) is 29.1. The number of rotatable bonds is 5. The predicted octanol–water partition coefficient (Wildman–Crippen LogP) is 2.28. The molecule has 0 aliphatic heterocycles. The second-order valence-corrected chi connectivity index (χ2v) is 5.68. The Hall–Kier alpha value is -3.48. The molecule has 2 heterocycles. The molecule has 3 aromatic rings. The first-order chi connectivity index (χ1) is 12.6. The minimum atomic E-state index is -0.756. The van der Waals surface area contributed by atoms with Crippen LogP contribution in [-0.2, 0) is 6.54 Å². The van der Waals surface area contributed by atoms with E-state index < -0.39 is 11.5 Å². The van der Waals surface area contributed by atoms with Gasteiger partial charge in [0.2, 0.25) is 0 Å². The van der Waals surface area contributed by atoms with Gasteiger partial charge in [-0.3, -0.25) is 14.6 Å². The van der Waals surface area contributed by atoms with E-state index in [4.69, 9.17) is 0 Å². The Labute approximate surface area is 149 Å². The number of nitrogens with one attached hydrogen (secondary N) is 1. The van der Waals surface area contributed by atoms with Crippen molar-refractivity contribution in [2.75, 3.05) is 0 Å². The number of nitrogens with zero attached hydrogens (tertiary/aromatic N) is 3. The Bertz CT molecular complexity index is 1030. The van der Waals surface area contributed by atoms with Crippen LogP contribution in [0.3, 0.4) is 0 Å². The molecule has 1 aromatic carbocycles. The minimum absolute atomic E-state index is 0.316. The van der Waals surface area contributed by atoms with Crippen molar-refractivity contribution in [1.29, 1.82) is 0 Å². The number of hydrogen-bond donors (Lipinski definition) is 2. The molecule has 0 unspecified atom stereocenters. The molecule has 26 heavy (non-hydrogen) atoms. The average molecular weight is 350 g/mol. The summed E-state index contributed by atoms with van der Waals surface area (Å²) in [6.07, 6.45) is 5.35. The number of hydrogen-bond acceptors (Lipinski definition) is 5. The van der Waals surface area contributed by atoms with Crippen LogP contribution in [0.1, 0.15) is 29.3 Å². The van der Waals surface area contributed by atoms with Crippen LogP contribution in [0, 0.1) is 0 Å². The van der Waals surface area contributed by atoms with Crippen LogP contribution in [0.4, 0.5) is 0 Å². The largest absolute Gasteiger partial charge is 0.506 e. The van der Waals surface area contributed by atoms with Gasteiger partial charge in [-0.2, -0.15) is 5.10 Å². The number of benzene rings is 1. The van der Waals surface area contributed by atoms with Crippen LogP contribution in [0.5, 0.6) is 5.75 Å². The Morgan fingerprint density at radius 1 is 1.27 bits per heavy atom. The summed E-state index contributed by atoms with van der Waals surface area (Å²) in [6.45, 7) is 2.38. The number of hydrazone groups is 1. The average Bonchev–Trinajstić information content (AvgIpc) is 2.66. The number of pyridine rings is 2. The fourth-order valence-corrected chi connectivity index (χ4v) is 2.71. The zero-order chi connectivity index (χ0) is 18.5. The number of aryl methyl sites for hydroxylation is 1. The van der Waals surface area contributed by atoms with E-state index >= 15 is 0 Å². The van der Waals surface area contributed by atoms with Gasteiger partial charge < -0.3 is 9.67 Å². The third-order valence-electron chi connectivity index (χ3n) is 3.91. The third kappa shape index (κ3) is 3.32. The van der Waals surface area contributed by atoms with Crippen molar-refractivity contribution < 1.29 is 9.90 Å². The van der Waals surface area contributed by atoms with Gasteiger partial charge in [0.1, 0.15) is 11.3 Å². The van der Waals surface area contributed by atoms with E-state index in [0.717, 1.165) is 12.0 Å². The van der Waals surface area contributed by atoms with Crippen LogP contribution in [0.2, 0.25) is 0 Å². The first-order valence-corrected chi connectivity index (χ1v) is 8.21. The molecule has 7 nitrogen and oxygen atoms in total. The molecule has 0 aliphatic carbocycles. The lowest BCUT2D eigenvalue weighted by Crippen LogP contribution is -2.31. The molecule has 0 aliphatic rings. The maximum Gasteiger partial charge on any atom is 0.280 e. The normalized spacial score (nSPS) is 11.1. The van der Waals surface area contributed by atoms with Crippen LogP contribution in [-0.4, -0.2) is 26.8 Å². The van der Waals surface area contributed by atoms with Gasteiger partial charge in [0, 0.05) is 24.3 Å². The van der Waals surface area contributed by atoms with Gasteiger partial charge in [0.05, 0.1) is 11.7 Å². The smallest absolute Gasteiger partial charge is 0.280 e. The van der Waals surface area contributed by atoms with E-state index in [1.807, 2.05) is 6.92 Å². The summed E-state index contributed by atoms with van der Waals surface area (Å²) in [7, 11) is 0. The maximum absolute atomic E-state index is 12.8. The van der Waals surface area contributed by atoms with Gasteiger partial charge in [-0.15, -0.1) is 0 Å². The van der Waals surface area contributed by atoms with Crippen molar-refractivity contribution in [2.45, 2.75) is 19.9 Å². The Balaban J connectivity index is 2.00. The highest BCUT2D eigenvalue weighted by molar-refractivity contribution is 6.02. The predicted molar refractivity (Wildman–Crippen MR) is 99.5 cm³/mol. The molecule has 132 valence electrons. The molecule has 0 fully saturated rings. The number of aromatic hydroxyl groups is 1. The van der Waals surface area contributed by atoms with Crippen LogP contribution in [0.25, 0.3) is 10.9 Å². The van der Waals surface area contributed by atoms with Crippen molar-refractivity contribution in [2.24, 2.45) is 5.10 Å². The van der Waals surface area contributed by atoms with Crippen LogP contribution >= 0.6 is 0 Å². The van der Waals surface area contributed by atoms with Gasteiger partial charge in [-0.25, -0.2) is 5.43 Å². The number of amides is 1. The van der Waals surface area contributed by atoms with Gasteiger partial charge >= 0.3 is 0 Å². The molecule has 0 spiro atoms. The Morgan fingerprint density at radius 3 is 2.73 bits per heavy atom. The van der Waals surface area contributed by atoms with Crippen molar-refractivity contribution in [3.63, 3.8) is 0 Å². The number of fused-ring (bicyclic) bond motifs is 1. The molecular formula is C19H18N4O3. The molecule has 0 radical (unpaired) electrons. The first kappa shape index (κ1) is 17.3. The van der Waals surface area contributed by atoms with Gasteiger partial charge in [-0.1, -0.05) is 19.1 Å². The molecule has 1 amide bonds. The lowest BCUT2D eigenvalue weighted by Gasteiger charge is -2.13. The van der Waals surface area contributed by atoms with E-state index in [2.05, 4.69) is 15.5 Å². The highest BCUT2D eigenvalue weighted by Crippen LogP contribution is 2.26. The molecule has 0 saturated heterocycles. The van der Waals surface area contributed by atoms with Crippen molar-refractivity contribution >= 4 is 23.0 Å². The number of para-hydroxylation sites is 1. The molecule has 0 bridgehead atoms. The summed E-state index contributed by atoms with van der Waals surface area (Å²) in [5.74, 6) is -1.09. The number of carbonyl (C=O) groups excluding carboxylic acids is 1. The quantitative estimate of drug-likeness (QED) is 0.545. The fourth-order valence-electron chi connectivity index (χ4n) is 2.71. The second-order valence-electron chi connectivity index (χ2n) is 5.68. The molecular weight excluding hydrogens is 332 g/mol. The second kappa shape index (κ2) is 7.60. The fraction of sp³-hybridized carbons (Fsp3) is 0.158. The van der Waals surface area contributed by atoms with Crippen molar-refractivity contribution in [3.8, 4) is 5.75 Å². The zero-order valence-electron chi connectivity index (χ0n) is 14.2. The van der Waals surface area contributed by atoms with Crippen LogP contribution < -0.4 is 11.0 Å². The summed E-state index contributed by atoms with van der Waals surface area (Å²) >= 11 is 0. The first-order valence-electron chi connectivity index (χ1n) is 8.21. The van der Waals surface area contributed by atoms with E-state index in [1.54, 1.807) is 48.8 Å². The third-order valence-corrected chi connectivity index (χ3v) is 3.91. The van der Waals surface area contributed by atoms with Crippen LogP contribution in [0.15, 0.2) is 58.7 Å². The molecule has 7 heteroatoms. The van der Waals surface area contributed by atoms with E-state index in [-0.39, 0.29) is 11.3 Å². The Kier molecular flexibility index (Phi) is 5.07. The topological polar surface area (TPSA) is 96.6 Å². The van der Waals surface area contributed by atoms with Gasteiger partial charge in [0.25, 0.3) is 11.5 Å². The van der Waals surface area contributed by atoms with E-state index in [1.165, 1.54) is 10.8 Å². The lowest BCUT2D eigenvalue weighted by molar-refractivity contribution is 0.0950. The summed E-state index contributed by atoms with van der Waals surface area (Å²) < 4.78 is 1.50. The van der Waals surface area contributed by atoms with Gasteiger partial charge in [0.15, 0.2) is 0 Å². The molecule has 2 N–H and O–H groups in total. The van der Waals surface area contributed by atoms with E-state index in [9.17, 15) is 14.7 Å². The highest BCUT2D eigenvalue weighted by atomic mass is 16.3. The molecule has 3 rings (SSSR count). The van der Waals surface area contributed by atoms with Gasteiger partial charge in [-0.05, 0) is 36.2 Å². The standard InChI is InChI=1S/C19H18N4O3/c1-2-11-23-15-6-4-3-5-14(15)17(24)16(19(23)26)18(25)22-21-12-13-7-9-20-10-8-13/h3-10,12,24H,2,11H2,1H3,(H,22,25). The zero-order valence-corrected chi connectivity index (χ0v) is 14.2. The Morgan fingerprint density at radius 2 is 2.00 bits per heavy atom. The van der Waals surface area contributed by atoms with E-state index in [0.29, 0.717) is 17.4 Å². The minimum Gasteiger partial charge on any atom is -0.506 e. The SMILES string of the molecule is CCCn1c(=O)c(C(=O)NN=Cc2ccncc2)c(O)c2ccccc21. The molecule has 2 aromatic heterocycles. The van der Waals surface area contributed by atoms with Crippen molar-refractivity contribution in [1.82, 2.24) is 15.0 Å². The molecule has 0 atom stereocenters. The van der Waals surface area contributed by atoms with Crippen molar-refractivity contribution in [3.05, 3.63) is 70.3 Å². The highest BCUT2D eigenvalue weighted by Gasteiger charge is 2.21. The lowest BCUT2D eigenvalue weighted by atomic mass is 10.1. The summed E-state index contributed by atoms with van der Waals surface area (Å²) in [6, 6.07) is 10.4. The summed E-state index contributed by atoms with van der Waals surface area (Å²) in [5.41, 5.74) is 2.78. The number of carbonyl (C=O) groups is 1. The molecule has 0 saturated carbocycles. The summed E-state index contributed by atoms with van der Waals surface area (Å²) in [5, 5.41) is 14.8. The maximum atomic E-state index is 12.8.